The molecule has 0 radical (unpaired) electrons. The van der Waals surface area contributed by atoms with E-state index >= 15 is 0 Å². The van der Waals surface area contributed by atoms with Crippen molar-refractivity contribution in [3.8, 4) is 0 Å². The summed E-state index contributed by atoms with van der Waals surface area (Å²) < 4.78 is 47.9. The molecule has 0 aromatic heterocycles. The van der Waals surface area contributed by atoms with Crippen molar-refractivity contribution in [2.75, 3.05) is 31.6 Å². The molecule has 2 N–H and O–H groups in total. The molecule has 0 saturated heterocycles. The molecule has 0 fully saturated rings. The van der Waals surface area contributed by atoms with Gasteiger partial charge in [-0.1, -0.05) is 54.6 Å². The highest BCUT2D eigenvalue weighted by Gasteiger charge is 2.29. The molecule has 0 atom stereocenters. The first-order valence-corrected chi connectivity index (χ1v) is 10.8. The van der Waals surface area contributed by atoms with Crippen LogP contribution < -0.4 is 10.6 Å². The number of hydrogen-bond acceptors (Lipinski definition) is 3. The molecule has 0 bridgehead atoms. The van der Waals surface area contributed by atoms with E-state index in [1.54, 1.807) is 18.2 Å². The molecule has 0 spiro atoms. The standard InChI is InChI=1S/C10H13N.C9H11FN2O.C7H5F3/c1-11-7-6-9-4-2-3-5-10(9)8-11;10-8-1-3-9(4-2-8)12(7-13)6-5-11;8-7(9,10)6-4-2-1-3-5-6/h2-5H,6-8H2,1H3;1-4,7H,5-6,11H2;1-5H. The van der Waals surface area contributed by atoms with E-state index in [1.165, 1.54) is 53.3 Å². The highest BCUT2D eigenvalue weighted by Crippen LogP contribution is 2.28. The minimum atomic E-state index is -4.21. The Morgan fingerprint density at radius 3 is 2.06 bits per heavy atom. The van der Waals surface area contributed by atoms with Gasteiger partial charge in [-0.05, 0) is 48.9 Å². The fourth-order valence-electron chi connectivity index (χ4n) is 3.28. The minimum absolute atomic E-state index is 0.317. The van der Waals surface area contributed by atoms with Gasteiger partial charge in [0.25, 0.3) is 0 Å². The second-order valence-corrected chi connectivity index (χ2v) is 7.68. The number of fused-ring (bicyclic) bond motifs is 1. The maximum Gasteiger partial charge on any atom is 0.416 e. The molecular formula is C26H29F4N3O. The lowest BCUT2D eigenvalue weighted by Crippen LogP contribution is -2.27. The van der Waals surface area contributed by atoms with Crippen molar-refractivity contribution in [3.63, 3.8) is 0 Å². The third kappa shape index (κ3) is 8.96. The molecule has 8 heteroatoms. The van der Waals surface area contributed by atoms with Gasteiger partial charge in [-0.25, -0.2) is 4.39 Å². The summed E-state index contributed by atoms with van der Waals surface area (Å²) in [6, 6.07) is 20.8. The van der Waals surface area contributed by atoms with E-state index in [4.69, 9.17) is 5.73 Å². The number of nitrogens with zero attached hydrogens (tertiary/aromatic N) is 2. The summed E-state index contributed by atoms with van der Waals surface area (Å²) in [4.78, 5) is 14.4. The van der Waals surface area contributed by atoms with Crippen LogP contribution in [0.3, 0.4) is 0 Å². The van der Waals surface area contributed by atoms with Crippen molar-refractivity contribution in [2.45, 2.75) is 19.1 Å². The maximum absolute atomic E-state index is 12.5. The Balaban J connectivity index is 0.000000182. The van der Waals surface area contributed by atoms with E-state index in [0.29, 0.717) is 25.2 Å². The van der Waals surface area contributed by atoms with Crippen molar-refractivity contribution in [1.82, 2.24) is 4.90 Å². The van der Waals surface area contributed by atoms with Gasteiger partial charge in [0.05, 0.1) is 5.56 Å². The van der Waals surface area contributed by atoms with Crippen LogP contribution in [0.2, 0.25) is 0 Å². The van der Waals surface area contributed by atoms with E-state index in [-0.39, 0.29) is 5.82 Å². The third-order valence-electron chi connectivity index (χ3n) is 5.08. The molecule has 182 valence electrons. The number of benzene rings is 3. The molecule has 3 aromatic carbocycles. The number of rotatable bonds is 4. The number of anilines is 1. The number of alkyl halides is 3. The third-order valence-corrected chi connectivity index (χ3v) is 5.08. The van der Waals surface area contributed by atoms with Gasteiger partial charge in [-0.3, -0.25) is 4.79 Å². The lowest BCUT2D eigenvalue weighted by atomic mass is 10.0. The number of halogens is 4. The monoisotopic (exact) mass is 475 g/mol. The summed E-state index contributed by atoms with van der Waals surface area (Å²) in [7, 11) is 2.18. The highest BCUT2D eigenvalue weighted by atomic mass is 19.4. The Morgan fingerprint density at radius 1 is 0.941 bits per heavy atom. The molecule has 1 amide bonds. The van der Waals surface area contributed by atoms with Gasteiger partial charge >= 0.3 is 6.18 Å². The van der Waals surface area contributed by atoms with E-state index in [0.717, 1.165) is 18.7 Å². The van der Waals surface area contributed by atoms with Crippen LogP contribution in [-0.2, 0) is 23.9 Å². The molecule has 4 rings (SSSR count). The maximum atomic E-state index is 12.5. The average molecular weight is 476 g/mol. The quantitative estimate of drug-likeness (QED) is 0.421. The van der Waals surface area contributed by atoms with Gasteiger partial charge in [0.15, 0.2) is 0 Å². The SMILES string of the molecule is CN1CCc2ccccc2C1.FC(F)(F)c1ccccc1.NCCN(C=O)c1ccc(F)cc1. The van der Waals surface area contributed by atoms with Crippen molar-refractivity contribution in [2.24, 2.45) is 5.73 Å². The summed E-state index contributed by atoms with van der Waals surface area (Å²) in [6.45, 7) is 3.15. The van der Waals surface area contributed by atoms with E-state index < -0.39 is 11.7 Å². The first-order chi connectivity index (χ1) is 16.2. The summed E-state index contributed by atoms with van der Waals surface area (Å²) in [5.74, 6) is -0.317. The molecule has 1 aliphatic rings. The van der Waals surface area contributed by atoms with Crippen LogP contribution in [0.1, 0.15) is 16.7 Å². The largest absolute Gasteiger partial charge is 0.416 e. The van der Waals surface area contributed by atoms with Crippen LogP contribution in [0.25, 0.3) is 0 Å². The van der Waals surface area contributed by atoms with E-state index in [2.05, 4.69) is 36.2 Å². The number of carbonyl (C=O) groups excluding carboxylic acids is 1. The lowest BCUT2D eigenvalue weighted by Gasteiger charge is -2.24. The summed E-state index contributed by atoms with van der Waals surface area (Å²) in [6.07, 6.45) is -2.31. The Labute approximate surface area is 197 Å². The van der Waals surface area contributed by atoms with Crippen LogP contribution in [0.4, 0.5) is 23.2 Å². The molecule has 3 aromatic rings. The van der Waals surface area contributed by atoms with Crippen molar-refractivity contribution >= 4 is 12.1 Å². The predicted molar refractivity (Wildman–Crippen MR) is 127 cm³/mol. The highest BCUT2D eigenvalue weighted by molar-refractivity contribution is 5.74. The zero-order chi connectivity index (χ0) is 25.0. The molecule has 0 unspecified atom stereocenters. The fourth-order valence-corrected chi connectivity index (χ4v) is 3.28. The van der Waals surface area contributed by atoms with E-state index in [1.807, 2.05) is 0 Å². The first-order valence-electron chi connectivity index (χ1n) is 10.8. The average Bonchev–Trinajstić information content (AvgIpc) is 2.84. The van der Waals surface area contributed by atoms with Crippen LogP contribution >= 0.6 is 0 Å². The molecular weight excluding hydrogens is 446 g/mol. The van der Waals surface area contributed by atoms with Crippen molar-refractivity contribution < 1.29 is 22.4 Å². The number of amides is 1. The van der Waals surface area contributed by atoms with Crippen LogP contribution in [0, 0.1) is 5.82 Å². The van der Waals surface area contributed by atoms with Crippen LogP contribution in [0.5, 0.6) is 0 Å². The van der Waals surface area contributed by atoms with Gasteiger partial charge < -0.3 is 15.5 Å². The molecule has 34 heavy (non-hydrogen) atoms. The number of likely N-dealkylation sites (N-methyl/N-ethyl adjacent to an activating group) is 1. The molecule has 0 saturated carbocycles. The number of carbonyl (C=O) groups is 1. The van der Waals surface area contributed by atoms with Gasteiger partial charge in [0, 0.05) is 31.9 Å². The molecule has 1 heterocycles. The Bertz CT molecular complexity index is 995. The smallest absolute Gasteiger partial charge is 0.329 e. The predicted octanol–water partition coefficient (Wildman–Crippen LogP) is 5.13. The Hall–Kier alpha value is -3.23. The Morgan fingerprint density at radius 2 is 1.53 bits per heavy atom. The first kappa shape index (κ1) is 27.0. The minimum Gasteiger partial charge on any atom is -0.329 e. The molecule has 4 nitrogen and oxygen atoms in total. The van der Waals surface area contributed by atoms with Gasteiger partial charge in [0.2, 0.25) is 6.41 Å². The van der Waals surface area contributed by atoms with E-state index in [9.17, 15) is 22.4 Å². The lowest BCUT2D eigenvalue weighted by molar-refractivity contribution is -0.137. The van der Waals surface area contributed by atoms with Crippen molar-refractivity contribution in [3.05, 3.63) is 101 Å². The second kappa shape index (κ2) is 13.5. The van der Waals surface area contributed by atoms with Gasteiger partial charge in [0.1, 0.15) is 5.82 Å². The number of hydrogen-bond donors (Lipinski definition) is 1. The normalized spacial score (nSPS) is 12.9. The Kier molecular flexibility index (Phi) is 10.7. The summed E-state index contributed by atoms with van der Waals surface area (Å²) in [5.41, 5.74) is 8.38. The van der Waals surface area contributed by atoms with Gasteiger partial charge in [-0.2, -0.15) is 13.2 Å². The second-order valence-electron chi connectivity index (χ2n) is 7.68. The topological polar surface area (TPSA) is 49.6 Å². The summed E-state index contributed by atoms with van der Waals surface area (Å²) in [5, 5.41) is 0. The summed E-state index contributed by atoms with van der Waals surface area (Å²) >= 11 is 0. The number of nitrogens with two attached hydrogens (primary N) is 1. The zero-order valence-electron chi connectivity index (χ0n) is 19.0. The molecule has 0 aliphatic carbocycles. The zero-order valence-corrected chi connectivity index (χ0v) is 19.0. The van der Waals surface area contributed by atoms with Crippen LogP contribution in [0.15, 0.2) is 78.9 Å². The fraction of sp³-hybridized carbons (Fsp3) is 0.269. The van der Waals surface area contributed by atoms with Gasteiger partial charge in [-0.15, -0.1) is 0 Å². The molecule has 1 aliphatic heterocycles. The van der Waals surface area contributed by atoms with Crippen LogP contribution in [-0.4, -0.2) is 38.0 Å². The van der Waals surface area contributed by atoms with Crippen molar-refractivity contribution in [1.29, 1.82) is 0 Å².